The molecular weight excluding hydrogens is 421 g/mol. The van der Waals surface area contributed by atoms with Gasteiger partial charge in [0.2, 0.25) is 0 Å². The van der Waals surface area contributed by atoms with E-state index in [1.807, 2.05) is 13.0 Å². The molecule has 2 aliphatic carbocycles. The first kappa shape index (κ1) is 24.1. The molecule has 33 heavy (non-hydrogen) atoms. The van der Waals surface area contributed by atoms with Crippen molar-refractivity contribution < 1.29 is 24.1 Å². The molecule has 0 amide bonds. The molecule has 1 aromatic carbocycles. The van der Waals surface area contributed by atoms with Crippen LogP contribution in [-0.2, 0) is 16.1 Å². The summed E-state index contributed by atoms with van der Waals surface area (Å²) in [6.07, 6.45) is 5.26. The van der Waals surface area contributed by atoms with E-state index in [-0.39, 0.29) is 48.3 Å². The molecule has 180 valence electrons. The van der Waals surface area contributed by atoms with Gasteiger partial charge in [0.05, 0.1) is 18.3 Å². The summed E-state index contributed by atoms with van der Waals surface area (Å²) < 4.78 is 18.5. The molecule has 2 fully saturated rings. The number of benzene rings is 1. The summed E-state index contributed by atoms with van der Waals surface area (Å²) in [4.78, 5) is 12.5. The second-order valence-corrected chi connectivity index (χ2v) is 10.6. The minimum atomic E-state index is -0.547. The third-order valence-electron chi connectivity index (χ3n) is 8.76. The van der Waals surface area contributed by atoms with Crippen LogP contribution in [0.4, 0.5) is 4.39 Å². The number of allylic oxidation sites excluding steroid dienone is 1. The van der Waals surface area contributed by atoms with Crippen LogP contribution in [0.15, 0.2) is 48.1 Å². The van der Waals surface area contributed by atoms with Crippen LogP contribution < -0.4 is 5.32 Å². The minimum absolute atomic E-state index is 0.0443. The molecule has 1 heterocycles. The summed E-state index contributed by atoms with van der Waals surface area (Å²) in [6.45, 7) is 9.43. The number of carbonyl (C=O) groups excluding carboxylic acids is 1. The lowest BCUT2D eigenvalue weighted by Crippen LogP contribution is -2.58. The average Bonchev–Trinajstić information content (AvgIpc) is 3.22. The van der Waals surface area contributed by atoms with Crippen molar-refractivity contribution >= 4 is 5.97 Å². The van der Waals surface area contributed by atoms with E-state index < -0.39 is 11.5 Å². The van der Waals surface area contributed by atoms with Crippen LogP contribution in [0.5, 0.6) is 0 Å². The van der Waals surface area contributed by atoms with E-state index in [9.17, 15) is 19.4 Å². The van der Waals surface area contributed by atoms with E-state index in [4.69, 9.17) is 4.74 Å². The number of hydrogen-bond donors (Lipinski definition) is 3. The standard InChI is InChI=1S/C27H36FNO4/c1-17-4-9-23-26(2,12-10-24(31)27(23,3)16-30)21(17)14-22(20-11-13-33-25(20)32)29-15-18-5-7-19(28)8-6-18/h5-8,11,21-24,29-31H,1,4,9-10,12-16H2,2-3H3/t21?,22?,23?,24-,26-,27+/m1/s1. The van der Waals surface area contributed by atoms with Gasteiger partial charge < -0.3 is 20.3 Å². The highest BCUT2D eigenvalue weighted by atomic mass is 19.1. The number of carbonyl (C=O) groups is 1. The first-order valence-electron chi connectivity index (χ1n) is 12.0. The van der Waals surface area contributed by atoms with Gasteiger partial charge in [-0.3, -0.25) is 0 Å². The van der Waals surface area contributed by atoms with E-state index in [1.54, 1.807) is 12.1 Å². The molecule has 0 aromatic heterocycles. The number of fused-ring (bicyclic) bond motifs is 1. The minimum Gasteiger partial charge on any atom is -0.458 e. The largest absolute Gasteiger partial charge is 0.458 e. The molecule has 3 aliphatic rings. The summed E-state index contributed by atoms with van der Waals surface area (Å²) in [5.74, 6) is -0.276. The van der Waals surface area contributed by atoms with Crippen molar-refractivity contribution in [2.24, 2.45) is 22.7 Å². The third kappa shape index (κ3) is 4.41. The van der Waals surface area contributed by atoms with Crippen LogP contribution in [0.25, 0.3) is 0 Å². The Morgan fingerprint density at radius 2 is 2.00 bits per heavy atom. The zero-order valence-corrected chi connectivity index (χ0v) is 19.6. The molecule has 0 radical (unpaired) electrons. The Morgan fingerprint density at radius 1 is 1.27 bits per heavy atom. The lowest BCUT2D eigenvalue weighted by atomic mass is 9.46. The van der Waals surface area contributed by atoms with Crippen LogP contribution in [0.2, 0.25) is 0 Å². The first-order valence-corrected chi connectivity index (χ1v) is 12.0. The van der Waals surface area contributed by atoms with Gasteiger partial charge in [-0.05, 0) is 73.1 Å². The first-order chi connectivity index (χ1) is 15.7. The highest BCUT2D eigenvalue weighted by Crippen LogP contribution is 2.61. The molecule has 2 saturated carbocycles. The Kier molecular flexibility index (Phi) is 6.81. The van der Waals surface area contributed by atoms with E-state index in [0.717, 1.165) is 24.8 Å². The Morgan fingerprint density at radius 3 is 2.64 bits per heavy atom. The maximum Gasteiger partial charge on any atom is 0.335 e. The van der Waals surface area contributed by atoms with E-state index >= 15 is 0 Å². The summed E-state index contributed by atoms with van der Waals surface area (Å²) >= 11 is 0. The number of esters is 1. The lowest BCUT2D eigenvalue weighted by Gasteiger charge is -2.60. The van der Waals surface area contributed by atoms with Crippen molar-refractivity contribution in [3.8, 4) is 0 Å². The molecule has 4 rings (SSSR count). The predicted octanol–water partition coefficient (Wildman–Crippen LogP) is 3.90. The molecular formula is C27H36FNO4. The maximum atomic E-state index is 13.3. The molecule has 1 aromatic rings. The van der Waals surface area contributed by atoms with E-state index in [1.165, 1.54) is 17.7 Å². The van der Waals surface area contributed by atoms with Crippen LogP contribution in [0.3, 0.4) is 0 Å². The molecule has 6 atom stereocenters. The SMILES string of the molecule is C=C1CCC2[C@](C)(CC[C@@H](O)[C@@]2(C)CO)C1CC(NCc1ccc(F)cc1)C1=CCOC1=O. The van der Waals surface area contributed by atoms with Crippen molar-refractivity contribution in [2.75, 3.05) is 13.2 Å². The molecule has 0 saturated heterocycles. The summed E-state index contributed by atoms with van der Waals surface area (Å²) in [7, 11) is 0. The van der Waals surface area contributed by atoms with Crippen molar-refractivity contribution in [1.82, 2.24) is 5.32 Å². The fourth-order valence-corrected chi connectivity index (χ4v) is 6.69. The second kappa shape index (κ2) is 9.32. The summed E-state index contributed by atoms with van der Waals surface area (Å²) in [6, 6.07) is 6.13. The van der Waals surface area contributed by atoms with Crippen LogP contribution in [0, 0.1) is 28.5 Å². The highest BCUT2D eigenvalue weighted by Gasteiger charge is 2.57. The Labute approximate surface area is 195 Å². The van der Waals surface area contributed by atoms with Crippen LogP contribution in [-0.4, -0.2) is 41.5 Å². The fraction of sp³-hybridized carbons (Fsp3) is 0.593. The molecule has 3 N–H and O–H groups in total. The zero-order valence-electron chi connectivity index (χ0n) is 19.6. The molecule has 5 nitrogen and oxygen atoms in total. The van der Waals surface area contributed by atoms with Gasteiger partial charge in [-0.15, -0.1) is 0 Å². The molecule has 3 unspecified atom stereocenters. The van der Waals surface area contributed by atoms with Gasteiger partial charge in [-0.2, -0.15) is 0 Å². The molecule has 1 aliphatic heterocycles. The fourth-order valence-electron chi connectivity index (χ4n) is 6.69. The van der Waals surface area contributed by atoms with Gasteiger partial charge >= 0.3 is 5.97 Å². The number of halogens is 1. The summed E-state index contributed by atoms with van der Waals surface area (Å²) in [5, 5.41) is 24.5. The van der Waals surface area contributed by atoms with Gasteiger partial charge in [0.25, 0.3) is 0 Å². The quantitative estimate of drug-likeness (QED) is 0.428. The Balaban J connectivity index is 1.60. The topological polar surface area (TPSA) is 78.8 Å². The zero-order chi connectivity index (χ0) is 23.8. The van der Waals surface area contributed by atoms with Crippen LogP contribution in [0.1, 0.15) is 51.5 Å². The summed E-state index contributed by atoms with van der Waals surface area (Å²) in [5.41, 5.74) is 2.07. The number of aliphatic hydroxyl groups is 2. The van der Waals surface area contributed by atoms with Crippen molar-refractivity contribution in [3.05, 3.63) is 59.4 Å². The number of ether oxygens (including phenoxy) is 1. The monoisotopic (exact) mass is 457 g/mol. The van der Waals surface area contributed by atoms with Crippen molar-refractivity contribution in [1.29, 1.82) is 0 Å². The number of nitrogens with one attached hydrogen (secondary N) is 1. The smallest absolute Gasteiger partial charge is 0.335 e. The van der Waals surface area contributed by atoms with Gasteiger partial charge in [0.1, 0.15) is 12.4 Å². The Bertz CT molecular complexity index is 929. The van der Waals surface area contributed by atoms with Crippen molar-refractivity contribution in [3.63, 3.8) is 0 Å². The highest BCUT2D eigenvalue weighted by molar-refractivity contribution is 5.91. The number of hydrogen-bond acceptors (Lipinski definition) is 5. The number of cyclic esters (lactones) is 1. The third-order valence-corrected chi connectivity index (χ3v) is 8.76. The predicted molar refractivity (Wildman–Crippen MR) is 125 cm³/mol. The van der Waals surface area contributed by atoms with Gasteiger partial charge in [0, 0.05) is 18.0 Å². The molecule has 0 bridgehead atoms. The van der Waals surface area contributed by atoms with E-state index in [0.29, 0.717) is 25.0 Å². The van der Waals surface area contributed by atoms with Gasteiger partial charge in [-0.1, -0.05) is 38.1 Å². The average molecular weight is 458 g/mol. The second-order valence-electron chi connectivity index (χ2n) is 10.6. The number of rotatable bonds is 7. The lowest BCUT2D eigenvalue weighted by molar-refractivity contribution is -0.153. The van der Waals surface area contributed by atoms with Gasteiger partial charge in [-0.25, -0.2) is 9.18 Å². The molecule has 6 heteroatoms. The maximum absolute atomic E-state index is 13.3. The van der Waals surface area contributed by atoms with Crippen molar-refractivity contribution in [2.45, 2.75) is 64.6 Å². The Hall–Kier alpha value is -2.02. The van der Waals surface area contributed by atoms with Gasteiger partial charge in [0.15, 0.2) is 0 Å². The normalized spacial score (nSPS) is 35.1. The van der Waals surface area contributed by atoms with E-state index in [2.05, 4.69) is 18.8 Å². The van der Waals surface area contributed by atoms with Crippen LogP contribution >= 0.6 is 0 Å². The molecule has 0 spiro atoms. The number of aliphatic hydroxyl groups excluding tert-OH is 2.